The van der Waals surface area contributed by atoms with Gasteiger partial charge in [0.1, 0.15) is 11.5 Å². The number of para-hydroxylation sites is 3. The van der Waals surface area contributed by atoms with Gasteiger partial charge >= 0.3 is 0 Å². The largest absolute Gasteiger partial charge is 0.457 e. The molecule has 0 atom stereocenters. The molecule has 1 aliphatic heterocycles. The Morgan fingerprint density at radius 3 is 1.79 bits per heavy atom. The van der Waals surface area contributed by atoms with Crippen LogP contribution in [0.4, 0.5) is 0 Å². The number of hydrogen-bond donors (Lipinski definition) is 0. The van der Waals surface area contributed by atoms with Crippen LogP contribution >= 0.6 is 0 Å². The Labute approximate surface area is 383 Å². The van der Waals surface area contributed by atoms with Crippen LogP contribution in [0, 0.1) is 0 Å². The summed E-state index contributed by atoms with van der Waals surface area (Å²) in [5.41, 5.74) is 20.1. The number of ether oxygens (including phenoxy) is 1. The van der Waals surface area contributed by atoms with E-state index in [4.69, 9.17) is 14.7 Å². The smallest absolute Gasteiger partial charge is 0.160 e. The number of fused-ring (bicyclic) bond motifs is 16. The molecule has 0 fully saturated rings. The molecule has 2 aliphatic carbocycles. The van der Waals surface area contributed by atoms with Crippen LogP contribution in [0.15, 0.2) is 212 Å². The van der Waals surface area contributed by atoms with Crippen LogP contribution in [-0.2, 0) is 10.8 Å². The highest BCUT2D eigenvalue weighted by atomic mass is 16.5. The van der Waals surface area contributed by atoms with Crippen LogP contribution in [0.3, 0.4) is 0 Å². The van der Waals surface area contributed by atoms with Crippen molar-refractivity contribution >= 4 is 21.8 Å². The fourth-order valence-electron chi connectivity index (χ4n) is 11.8. The van der Waals surface area contributed by atoms with Gasteiger partial charge in [-0.2, -0.15) is 0 Å². The maximum Gasteiger partial charge on any atom is 0.160 e. The van der Waals surface area contributed by atoms with Gasteiger partial charge in [-0.05, 0) is 93.0 Å². The standard InChI is InChI=1S/C62H41N3O/c1-61(2)46-24-9-7-22-44(46)58-50(61)33-34-55-59(58)45-23-8-13-28-54(45)65(55)41-20-16-19-39(35-41)52-37-53(64-60(63-52)38-17-4-3-5-18-38)40-31-32-43-42-21-6-10-25-47(42)62(51(43)36-40)48-26-11-14-29-56(48)66-57-30-15-12-27-49(57)62/h3-37H,1-2H3. The first-order chi connectivity index (χ1) is 32.5. The summed E-state index contributed by atoms with van der Waals surface area (Å²) in [6.07, 6.45) is 0. The zero-order valence-electron chi connectivity index (χ0n) is 36.5. The minimum atomic E-state index is -0.583. The molecule has 4 nitrogen and oxygen atoms in total. The molecule has 3 aliphatic rings. The van der Waals surface area contributed by atoms with Gasteiger partial charge in [-0.1, -0.05) is 178 Å². The summed E-state index contributed by atoms with van der Waals surface area (Å²) in [6, 6.07) is 76.7. The molecule has 2 aromatic heterocycles. The second kappa shape index (κ2) is 13.6. The van der Waals surface area contributed by atoms with Crippen LogP contribution in [0.2, 0.25) is 0 Å². The van der Waals surface area contributed by atoms with Gasteiger partial charge in [0, 0.05) is 49.7 Å². The predicted molar refractivity (Wildman–Crippen MR) is 268 cm³/mol. The normalized spacial score (nSPS) is 14.3. The van der Waals surface area contributed by atoms with Crippen molar-refractivity contribution in [3.05, 3.63) is 246 Å². The molecule has 9 aromatic carbocycles. The molecule has 1 spiro atoms. The maximum absolute atomic E-state index is 6.64. The molecule has 0 unspecified atom stereocenters. The Morgan fingerprint density at radius 2 is 1.02 bits per heavy atom. The third-order valence-electron chi connectivity index (χ3n) is 14.7. The van der Waals surface area contributed by atoms with Crippen molar-refractivity contribution in [1.29, 1.82) is 0 Å². The van der Waals surface area contributed by atoms with Gasteiger partial charge in [0.2, 0.25) is 0 Å². The van der Waals surface area contributed by atoms with Crippen molar-refractivity contribution in [2.24, 2.45) is 0 Å². The van der Waals surface area contributed by atoms with Gasteiger partial charge in [-0.15, -0.1) is 0 Å². The second-order valence-electron chi connectivity index (χ2n) is 18.4. The number of rotatable bonds is 4. The first-order valence-electron chi connectivity index (χ1n) is 22.8. The minimum absolute atomic E-state index is 0.0897. The molecule has 66 heavy (non-hydrogen) atoms. The lowest BCUT2D eigenvalue weighted by atomic mass is 9.66. The third kappa shape index (κ3) is 4.98. The fourth-order valence-corrected chi connectivity index (χ4v) is 11.8. The van der Waals surface area contributed by atoms with Gasteiger partial charge in [0.05, 0.1) is 27.8 Å². The van der Waals surface area contributed by atoms with Crippen LogP contribution in [0.25, 0.3) is 83.6 Å². The summed E-state index contributed by atoms with van der Waals surface area (Å²) < 4.78 is 9.08. The molecular formula is C62H41N3O. The molecule has 0 bridgehead atoms. The Hall–Kier alpha value is -8.34. The average Bonchev–Trinajstić information content (AvgIpc) is 3.95. The SMILES string of the molecule is CC1(C)c2ccccc2-c2c1ccc1c2c2ccccc2n1-c1cccc(-c2cc(-c3ccc4c(c3)C3(c5ccccc5Oc5ccccc53)c3ccccc3-4)nc(-c3ccccc3)n2)c1. The van der Waals surface area contributed by atoms with Crippen LogP contribution in [0.1, 0.15) is 47.2 Å². The number of benzene rings is 9. The number of nitrogens with zero attached hydrogens (tertiary/aromatic N) is 3. The zero-order chi connectivity index (χ0) is 43.7. The van der Waals surface area contributed by atoms with Gasteiger partial charge in [-0.25, -0.2) is 9.97 Å². The molecule has 11 aromatic rings. The highest BCUT2D eigenvalue weighted by molar-refractivity contribution is 6.18. The van der Waals surface area contributed by atoms with Gasteiger partial charge < -0.3 is 9.30 Å². The van der Waals surface area contributed by atoms with Crippen molar-refractivity contribution in [1.82, 2.24) is 14.5 Å². The molecular weight excluding hydrogens is 803 g/mol. The van der Waals surface area contributed by atoms with E-state index in [9.17, 15) is 0 Å². The van der Waals surface area contributed by atoms with E-state index < -0.39 is 5.41 Å². The Kier molecular flexibility index (Phi) is 7.63. The lowest BCUT2D eigenvalue weighted by Crippen LogP contribution is -2.32. The molecule has 0 N–H and O–H groups in total. The highest BCUT2D eigenvalue weighted by Crippen LogP contribution is 2.62. The molecule has 0 saturated carbocycles. The molecule has 4 heteroatoms. The zero-order valence-corrected chi connectivity index (χ0v) is 36.5. The van der Waals surface area contributed by atoms with E-state index in [1.165, 1.54) is 66.3 Å². The highest BCUT2D eigenvalue weighted by Gasteiger charge is 2.51. The molecule has 3 heterocycles. The van der Waals surface area contributed by atoms with E-state index in [0.29, 0.717) is 5.82 Å². The second-order valence-corrected chi connectivity index (χ2v) is 18.4. The fraction of sp³-hybridized carbons (Fsp3) is 0.0645. The lowest BCUT2D eigenvalue weighted by molar-refractivity contribution is 0.436. The molecule has 14 rings (SSSR count). The Balaban J connectivity index is 0.972. The lowest BCUT2D eigenvalue weighted by Gasteiger charge is -2.39. The summed E-state index contributed by atoms with van der Waals surface area (Å²) >= 11 is 0. The quantitative estimate of drug-likeness (QED) is 0.177. The van der Waals surface area contributed by atoms with Crippen molar-refractivity contribution in [3.8, 4) is 73.3 Å². The van der Waals surface area contributed by atoms with Crippen molar-refractivity contribution in [3.63, 3.8) is 0 Å². The van der Waals surface area contributed by atoms with Crippen LogP contribution < -0.4 is 4.74 Å². The topological polar surface area (TPSA) is 39.9 Å². The predicted octanol–water partition coefficient (Wildman–Crippen LogP) is 15.3. The number of hydrogen-bond acceptors (Lipinski definition) is 3. The molecule has 0 radical (unpaired) electrons. The summed E-state index contributed by atoms with van der Waals surface area (Å²) in [4.78, 5) is 10.7. The van der Waals surface area contributed by atoms with Crippen LogP contribution in [-0.4, -0.2) is 14.5 Å². The maximum atomic E-state index is 6.64. The summed E-state index contributed by atoms with van der Waals surface area (Å²) in [6.45, 7) is 4.71. The Morgan fingerprint density at radius 1 is 0.409 bits per heavy atom. The molecule has 0 saturated heterocycles. The van der Waals surface area contributed by atoms with E-state index in [1.54, 1.807) is 0 Å². The average molecular weight is 844 g/mol. The van der Waals surface area contributed by atoms with Gasteiger partial charge in [-0.3, -0.25) is 0 Å². The molecule has 310 valence electrons. The van der Waals surface area contributed by atoms with Crippen molar-refractivity contribution < 1.29 is 4.74 Å². The van der Waals surface area contributed by atoms with E-state index in [1.807, 2.05) is 6.07 Å². The molecule has 0 amide bonds. The summed E-state index contributed by atoms with van der Waals surface area (Å²) in [5.74, 6) is 2.43. The van der Waals surface area contributed by atoms with Crippen molar-refractivity contribution in [2.45, 2.75) is 24.7 Å². The van der Waals surface area contributed by atoms with E-state index >= 15 is 0 Å². The van der Waals surface area contributed by atoms with E-state index in [-0.39, 0.29) is 5.41 Å². The minimum Gasteiger partial charge on any atom is -0.457 e. The first kappa shape index (κ1) is 37.1. The van der Waals surface area contributed by atoms with Gasteiger partial charge in [0.25, 0.3) is 0 Å². The summed E-state index contributed by atoms with van der Waals surface area (Å²) in [5, 5.41) is 2.55. The van der Waals surface area contributed by atoms with Gasteiger partial charge in [0.15, 0.2) is 5.82 Å². The third-order valence-corrected chi connectivity index (χ3v) is 14.7. The Bertz CT molecular complexity index is 3790. The first-order valence-corrected chi connectivity index (χ1v) is 22.8. The summed E-state index contributed by atoms with van der Waals surface area (Å²) in [7, 11) is 0. The van der Waals surface area contributed by atoms with Crippen LogP contribution in [0.5, 0.6) is 11.5 Å². The number of aromatic nitrogens is 3. The monoisotopic (exact) mass is 843 g/mol. The van der Waals surface area contributed by atoms with Crippen molar-refractivity contribution in [2.75, 3.05) is 0 Å². The van der Waals surface area contributed by atoms with E-state index in [0.717, 1.165) is 56.4 Å². The van der Waals surface area contributed by atoms with E-state index in [2.05, 4.69) is 225 Å².